The van der Waals surface area contributed by atoms with Crippen molar-refractivity contribution in [3.8, 4) is 0 Å². The summed E-state index contributed by atoms with van der Waals surface area (Å²) < 4.78 is 24.1. The summed E-state index contributed by atoms with van der Waals surface area (Å²) >= 11 is 0. The maximum Gasteiger partial charge on any atom is 0.217 e. The minimum Gasteiger partial charge on any atom is -0.315 e. The summed E-state index contributed by atoms with van der Waals surface area (Å²) in [4.78, 5) is 0. The number of hydrogen-bond donors (Lipinski definition) is 1. The van der Waals surface area contributed by atoms with Crippen LogP contribution in [0.3, 0.4) is 0 Å². The van der Waals surface area contributed by atoms with Gasteiger partial charge in [-0.2, -0.15) is 0 Å². The third-order valence-electron chi connectivity index (χ3n) is 1.95. The monoisotopic (exact) mass is 214 g/mol. The maximum absolute atomic E-state index is 11.4. The Morgan fingerprint density at radius 3 is 2.33 bits per heavy atom. The molecule has 0 aromatic heterocycles. The summed E-state index contributed by atoms with van der Waals surface area (Å²) in [5, 5.41) is 2.82. The van der Waals surface area contributed by atoms with Crippen molar-refractivity contribution in [1.29, 1.82) is 0 Å². The molecule has 0 aliphatic carbocycles. The quantitative estimate of drug-likeness (QED) is 0.685. The lowest BCUT2D eigenvalue weighted by Gasteiger charge is -2.15. The molecule has 12 heavy (non-hydrogen) atoms. The van der Waals surface area contributed by atoms with Gasteiger partial charge in [0.05, 0.1) is 5.25 Å². The Morgan fingerprint density at radius 1 is 1.42 bits per heavy atom. The van der Waals surface area contributed by atoms with Gasteiger partial charge >= 0.3 is 0 Å². The molecule has 6 heteroatoms. The molecule has 1 aliphatic rings. The standard InChI is InChI=1S/C6H14N2O2S.ClH/c1-8(2)11(9,10)6-3-4-7-5-6;/h6-7H,3-5H2,1-2H3;1H. The number of hydrogen-bond acceptors (Lipinski definition) is 3. The molecular weight excluding hydrogens is 200 g/mol. The van der Waals surface area contributed by atoms with Gasteiger partial charge in [-0.15, -0.1) is 12.4 Å². The zero-order valence-electron chi connectivity index (χ0n) is 7.28. The van der Waals surface area contributed by atoms with Crippen LogP contribution in [0, 0.1) is 0 Å². The van der Waals surface area contributed by atoms with Crippen LogP contribution >= 0.6 is 12.4 Å². The molecule has 0 aromatic carbocycles. The van der Waals surface area contributed by atoms with Gasteiger partial charge in [-0.25, -0.2) is 12.7 Å². The molecule has 0 radical (unpaired) electrons. The highest BCUT2D eigenvalue weighted by molar-refractivity contribution is 7.89. The van der Waals surface area contributed by atoms with Crippen LogP contribution < -0.4 is 5.32 Å². The first kappa shape index (κ1) is 12.2. The van der Waals surface area contributed by atoms with Crippen molar-refractivity contribution in [3.05, 3.63) is 0 Å². The van der Waals surface area contributed by atoms with E-state index in [0.29, 0.717) is 6.54 Å². The van der Waals surface area contributed by atoms with Crippen molar-refractivity contribution in [3.63, 3.8) is 0 Å². The molecule has 0 aromatic rings. The Balaban J connectivity index is 0.00000121. The molecule has 1 unspecified atom stereocenters. The summed E-state index contributed by atoms with van der Waals surface area (Å²) in [5.74, 6) is 0. The van der Waals surface area contributed by atoms with E-state index in [-0.39, 0.29) is 17.7 Å². The summed E-state index contributed by atoms with van der Waals surface area (Å²) in [7, 11) is 0.148. The van der Waals surface area contributed by atoms with Crippen LogP contribution in [-0.4, -0.2) is 45.2 Å². The topological polar surface area (TPSA) is 49.4 Å². The van der Waals surface area contributed by atoms with Gasteiger partial charge in [-0.05, 0) is 13.0 Å². The Morgan fingerprint density at radius 2 is 2.00 bits per heavy atom. The fourth-order valence-electron chi connectivity index (χ4n) is 1.18. The van der Waals surface area contributed by atoms with Gasteiger partial charge in [-0.1, -0.05) is 0 Å². The van der Waals surface area contributed by atoms with E-state index in [2.05, 4.69) is 5.32 Å². The molecule has 1 heterocycles. The van der Waals surface area contributed by atoms with E-state index in [0.717, 1.165) is 13.0 Å². The van der Waals surface area contributed by atoms with Crippen LogP contribution in [0.5, 0.6) is 0 Å². The minimum atomic E-state index is -3.01. The van der Waals surface area contributed by atoms with Crippen LogP contribution in [0.2, 0.25) is 0 Å². The molecule has 1 atom stereocenters. The predicted octanol–water partition coefficient (Wildman–Crippen LogP) is -0.338. The average Bonchev–Trinajstić information content (AvgIpc) is 2.37. The van der Waals surface area contributed by atoms with E-state index in [9.17, 15) is 8.42 Å². The number of sulfonamides is 1. The Bertz CT molecular complexity index is 222. The van der Waals surface area contributed by atoms with Crippen molar-refractivity contribution in [1.82, 2.24) is 9.62 Å². The zero-order valence-corrected chi connectivity index (χ0v) is 8.91. The van der Waals surface area contributed by atoms with Crippen molar-refractivity contribution in [2.24, 2.45) is 0 Å². The molecule has 0 spiro atoms. The second-order valence-corrected chi connectivity index (χ2v) is 5.37. The van der Waals surface area contributed by atoms with Crippen LogP contribution in [0.4, 0.5) is 0 Å². The van der Waals surface area contributed by atoms with Crippen molar-refractivity contribution in [2.75, 3.05) is 27.2 Å². The molecule has 1 fully saturated rings. The number of nitrogens with one attached hydrogen (secondary N) is 1. The van der Waals surface area contributed by atoms with Crippen molar-refractivity contribution < 1.29 is 8.42 Å². The maximum atomic E-state index is 11.4. The molecule has 0 saturated carbocycles. The molecule has 1 aliphatic heterocycles. The van der Waals surface area contributed by atoms with Gasteiger partial charge in [0, 0.05) is 20.6 Å². The predicted molar refractivity (Wildman–Crippen MR) is 51.1 cm³/mol. The number of nitrogens with zero attached hydrogens (tertiary/aromatic N) is 1. The first-order valence-electron chi connectivity index (χ1n) is 3.67. The van der Waals surface area contributed by atoms with E-state index in [1.807, 2.05) is 0 Å². The molecule has 0 bridgehead atoms. The molecule has 0 amide bonds. The Hall–Kier alpha value is 0.160. The fraction of sp³-hybridized carbons (Fsp3) is 1.00. The van der Waals surface area contributed by atoms with Crippen LogP contribution in [0.15, 0.2) is 0 Å². The van der Waals surface area contributed by atoms with Gasteiger partial charge in [0.1, 0.15) is 0 Å². The second kappa shape index (κ2) is 4.41. The van der Waals surface area contributed by atoms with Crippen LogP contribution in [-0.2, 0) is 10.0 Å². The lowest BCUT2D eigenvalue weighted by molar-refractivity contribution is 0.507. The Labute approximate surface area is 79.8 Å². The summed E-state index contributed by atoms with van der Waals surface area (Å²) in [6, 6.07) is 0. The highest BCUT2D eigenvalue weighted by atomic mass is 35.5. The average molecular weight is 215 g/mol. The first-order valence-corrected chi connectivity index (χ1v) is 5.17. The highest BCUT2D eigenvalue weighted by Crippen LogP contribution is 2.11. The van der Waals surface area contributed by atoms with Crippen molar-refractivity contribution in [2.45, 2.75) is 11.7 Å². The van der Waals surface area contributed by atoms with E-state index in [1.165, 1.54) is 4.31 Å². The molecular formula is C6H15ClN2O2S. The van der Waals surface area contributed by atoms with Gasteiger partial charge < -0.3 is 5.32 Å². The normalized spacial score (nSPS) is 24.1. The molecule has 1 N–H and O–H groups in total. The first-order chi connectivity index (χ1) is 5.05. The zero-order chi connectivity index (χ0) is 8.48. The van der Waals surface area contributed by atoms with Gasteiger partial charge in [-0.3, -0.25) is 0 Å². The summed E-state index contributed by atoms with van der Waals surface area (Å²) in [6.07, 6.45) is 0.737. The minimum absolute atomic E-state index is 0. The third-order valence-corrected chi connectivity index (χ3v) is 4.21. The van der Waals surface area contributed by atoms with Gasteiger partial charge in [0.2, 0.25) is 10.0 Å². The summed E-state index contributed by atoms with van der Waals surface area (Å²) in [5.41, 5.74) is 0. The highest BCUT2D eigenvalue weighted by Gasteiger charge is 2.29. The Kier molecular flexibility index (Phi) is 4.47. The van der Waals surface area contributed by atoms with Crippen LogP contribution in [0.1, 0.15) is 6.42 Å². The van der Waals surface area contributed by atoms with Crippen molar-refractivity contribution >= 4 is 22.4 Å². The molecule has 1 rings (SSSR count). The number of halogens is 1. The fourth-order valence-corrected chi connectivity index (χ4v) is 2.52. The third kappa shape index (κ3) is 2.32. The van der Waals surface area contributed by atoms with Crippen LogP contribution in [0.25, 0.3) is 0 Å². The van der Waals surface area contributed by atoms with E-state index >= 15 is 0 Å². The van der Waals surface area contributed by atoms with E-state index in [1.54, 1.807) is 14.1 Å². The smallest absolute Gasteiger partial charge is 0.217 e. The molecule has 1 saturated heterocycles. The lowest BCUT2D eigenvalue weighted by Crippen LogP contribution is -2.34. The molecule has 74 valence electrons. The van der Waals surface area contributed by atoms with Gasteiger partial charge in [0.15, 0.2) is 0 Å². The SMILES string of the molecule is CN(C)S(=O)(=O)C1CCNC1.Cl. The van der Waals surface area contributed by atoms with E-state index in [4.69, 9.17) is 0 Å². The number of rotatable bonds is 2. The largest absolute Gasteiger partial charge is 0.315 e. The van der Waals surface area contributed by atoms with Gasteiger partial charge in [0.25, 0.3) is 0 Å². The molecule has 4 nitrogen and oxygen atoms in total. The lowest BCUT2D eigenvalue weighted by atomic mass is 10.4. The summed E-state index contributed by atoms with van der Waals surface area (Å²) in [6.45, 7) is 1.41. The van der Waals surface area contributed by atoms with E-state index < -0.39 is 10.0 Å². The second-order valence-electron chi connectivity index (χ2n) is 2.94.